The van der Waals surface area contributed by atoms with Gasteiger partial charge < -0.3 is 20.0 Å². The van der Waals surface area contributed by atoms with E-state index in [0.717, 1.165) is 5.76 Å². The summed E-state index contributed by atoms with van der Waals surface area (Å²) >= 11 is 5.20. The second-order valence-electron chi connectivity index (χ2n) is 4.96. The van der Waals surface area contributed by atoms with Crippen LogP contribution in [-0.2, 0) is 0 Å². The molecule has 0 spiro atoms. The van der Waals surface area contributed by atoms with E-state index in [0.29, 0.717) is 17.3 Å². The highest BCUT2D eigenvalue weighted by atomic mass is 32.1. The number of benzene rings is 1. The van der Waals surface area contributed by atoms with E-state index in [9.17, 15) is 4.39 Å². The molecule has 0 aliphatic carbocycles. The largest absolute Gasteiger partial charge is 0.463 e. The summed E-state index contributed by atoms with van der Waals surface area (Å²) in [4.78, 5) is 1.21. The topological polar surface area (TPSA) is 41.6 Å². The van der Waals surface area contributed by atoms with E-state index in [1.807, 2.05) is 26.2 Å². The minimum atomic E-state index is -0.331. The highest BCUT2D eigenvalue weighted by Crippen LogP contribution is 2.12. The molecule has 112 valence electrons. The maximum absolute atomic E-state index is 13.5. The summed E-state index contributed by atoms with van der Waals surface area (Å²) in [5.74, 6) is 0.554. The maximum atomic E-state index is 13.5. The molecule has 0 amide bonds. The Bertz CT molecular complexity index is 586. The van der Waals surface area contributed by atoms with E-state index >= 15 is 0 Å². The molecule has 0 unspecified atom stereocenters. The van der Waals surface area contributed by atoms with E-state index in [1.165, 1.54) is 11.0 Å². The molecule has 0 radical (unpaired) electrons. The highest BCUT2D eigenvalue weighted by molar-refractivity contribution is 7.80. The van der Waals surface area contributed by atoms with Crippen molar-refractivity contribution in [3.05, 3.63) is 54.2 Å². The standard InChI is InChI=1S/C15H18FN3OS/c1-19(2)13(14-8-5-9-20-14)10-17-15(21)18-12-7-4-3-6-11(12)16/h3-9,13H,10H2,1-2H3,(H2,17,18,21)/p+1/t13-/m1/s1. The van der Waals surface area contributed by atoms with Crippen LogP contribution in [0.1, 0.15) is 11.8 Å². The van der Waals surface area contributed by atoms with Crippen molar-refractivity contribution in [2.24, 2.45) is 0 Å². The summed E-state index contributed by atoms with van der Waals surface area (Å²) < 4.78 is 19.0. The molecule has 1 aromatic carbocycles. The number of rotatable bonds is 5. The van der Waals surface area contributed by atoms with Gasteiger partial charge in [0.05, 0.1) is 32.6 Å². The van der Waals surface area contributed by atoms with Crippen LogP contribution < -0.4 is 15.5 Å². The van der Waals surface area contributed by atoms with Crippen molar-refractivity contribution >= 4 is 23.0 Å². The van der Waals surface area contributed by atoms with E-state index in [1.54, 1.807) is 24.5 Å². The molecule has 6 heteroatoms. The number of quaternary nitrogens is 1. The molecular formula is C15H19FN3OS+. The Kier molecular flexibility index (Phi) is 5.30. The van der Waals surface area contributed by atoms with Gasteiger partial charge in [-0.05, 0) is 36.5 Å². The van der Waals surface area contributed by atoms with Gasteiger partial charge in [-0.2, -0.15) is 0 Å². The van der Waals surface area contributed by atoms with Crippen molar-refractivity contribution in [3.63, 3.8) is 0 Å². The van der Waals surface area contributed by atoms with Crippen LogP contribution >= 0.6 is 12.2 Å². The van der Waals surface area contributed by atoms with Crippen LogP contribution in [0, 0.1) is 5.82 Å². The highest BCUT2D eigenvalue weighted by Gasteiger charge is 2.20. The smallest absolute Gasteiger partial charge is 0.171 e. The molecule has 2 rings (SSSR count). The second kappa shape index (κ2) is 7.19. The molecule has 0 aliphatic heterocycles. The summed E-state index contributed by atoms with van der Waals surface area (Å²) in [6.45, 7) is 0.593. The fraction of sp³-hybridized carbons (Fsp3) is 0.267. The number of likely N-dealkylation sites (N-methyl/N-ethyl adjacent to an activating group) is 1. The van der Waals surface area contributed by atoms with Crippen molar-refractivity contribution in [2.45, 2.75) is 6.04 Å². The Labute approximate surface area is 128 Å². The van der Waals surface area contributed by atoms with Gasteiger partial charge in [0.25, 0.3) is 0 Å². The zero-order chi connectivity index (χ0) is 15.2. The lowest BCUT2D eigenvalue weighted by Gasteiger charge is -2.20. The predicted molar refractivity (Wildman–Crippen MR) is 84.9 cm³/mol. The van der Waals surface area contributed by atoms with Crippen LogP contribution in [0.25, 0.3) is 0 Å². The van der Waals surface area contributed by atoms with Gasteiger partial charge >= 0.3 is 0 Å². The summed E-state index contributed by atoms with van der Waals surface area (Å²) in [5, 5.41) is 6.34. The van der Waals surface area contributed by atoms with E-state index in [-0.39, 0.29) is 11.9 Å². The third-order valence-corrected chi connectivity index (χ3v) is 3.42. The Morgan fingerprint density at radius 1 is 1.29 bits per heavy atom. The molecule has 0 bridgehead atoms. The van der Waals surface area contributed by atoms with Crippen molar-refractivity contribution in [1.82, 2.24) is 5.32 Å². The first-order chi connectivity index (χ1) is 10.1. The minimum absolute atomic E-state index is 0.125. The summed E-state index contributed by atoms with van der Waals surface area (Å²) in [5.41, 5.74) is 0.363. The lowest BCUT2D eigenvalue weighted by atomic mass is 10.2. The zero-order valence-electron chi connectivity index (χ0n) is 12.0. The van der Waals surface area contributed by atoms with Crippen molar-refractivity contribution in [3.8, 4) is 0 Å². The Hall–Kier alpha value is -1.92. The average molecular weight is 308 g/mol. The lowest BCUT2D eigenvalue weighted by Crippen LogP contribution is -3.07. The molecule has 2 aromatic rings. The molecule has 1 heterocycles. The fourth-order valence-corrected chi connectivity index (χ4v) is 2.20. The molecule has 21 heavy (non-hydrogen) atoms. The molecule has 1 atom stereocenters. The number of thiocarbonyl (C=S) groups is 1. The lowest BCUT2D eigenvalue weighted by molar-refractivity contribution is -0.891. The molecule has 0 fully saturated rings. The van der Waals surface area contributed by atoms with Gasteiger partial charge in [-0.25, -0.2) is 4.39 Å². The number of hydrogen-bond donors (Lipinski definition) is 3. The molecular weight excluding hydrogens is 289 g/mol. The van der Waals surface area contributed by atoms with Crippen LogP contribution in [0.2, 0.25) is 0 Å². The van der Waals surface area contributed by atoms with Gasteiger partial charge in [0.15, 0.2) is 16.9 Å². The zero-order valence-corrected chi connectivity index (χ0v) is 12.8. The average Bonchev–Trinajstić information content (AvgIpc) is 2.95. The van der Waals surface area contributed by atoms with E-state index in [4.69, 9.17) is 16.6 Å². The monoisotopic (exact) mass is 308 g/mol. The van der Waals surface area contributed by atoms with Crippen LogP contribution in [0.4, 0.5) is 10.1 Å². The first-order valence-corrected chi connectivity index (χ1v) is 7.11. The first kappa shape index (κ1) is 15.5. The SMILES string of the molecule is C[NH+](C)[C@H](CNC(=S)Nc1ccccc1F)c1ccco1. The number of hydrogen-bond acceptors (Lipinski definition) is 2. The van der Waals surface area contributed by atoms with Gasteiger partial charge in [0.2, 0.25) is 0 Å². The van der Waals surface area contributed by atoms with Crippen molar-refractivity contribution in [2.75, 3.05) is 26.0 Å². The van der Waals surface area contributed by atoms with Gasteiger partial charge in [-0.15, -0.1) is 0 Å². The molecule has 3 N–H and O–H groups in total. The summed E-state index contributed by atoms with van der Waals surface area (Å²) in [6.07, 6.45) is 1.65. The van der Waals surface area contributed by atoms with Gasteiger partial charge in [0.1, 0.15) is 5.82 Å². The Morgan fingerprint density at radius 2 is 2.05 bits per heavy atom. The molecule has 0 saturated carbocycles. The van der Waals surface area contributed by atoms with E-state index < -0.39 is 0 Å². The summed E-state index contributed by atoms with van der Waals surface area (Å²) in [7, 11) is 4.09. The normalized spacial score (nSPS) is 12.2. The second-order valence-corrected chi connectivity index (χ2v) is 5.37. The fourth-order valence-electron chi connectivity index (χ4n) is 2.00. The van der Waals surface area contributed by atoms with Gasteiger partial charge in [-0.3, -0.25) is 0 Å². The molecule has 4 nitrogen and oxygen atoms in total. The third kappa shape index (κ3) is 4.27. The first-order valence-electron chi connectivity index (χ1n) is 6.70. The van der Waals surface area contributed by atoms with Gasteiger partial charge in [0, 0.05) is 0 Å². The van der Waals surface area contributed by atoms with Crippen molar-refractivity contribution in [1.29, 1.82) is 0 Å². The quantitative estimate of drug-likeness (QED) is 0.734. The van der Waals surface area contributed by atoms with Gasteiger partial charge in [-0.1, -0.05) is 12.1 Å². The number of nitrogens with one attached hydrogen (secondary N) is 3. The number of halogens is 1. The molecule has 0 saturated heterocycles. The number of anilines is 1. The third-order valence-electron chi connectivity index (χ3n) is 3.17. The number of furan rings is 1. The van der Waals surface area contributed by atoms with Crippen molar-refractivity contribution < 1.29 is 13.7 Å². The predicted octanol–water partition coefficient (Wildman–Crippen LogP) is 1.59. The van der Waals surface area contributed by atoms with Crippen LogP contribution in [0.15, 0.2) is 47.1 Å². The van der Waals surface area contributed by atoms with Crippen LogP contribution in [0.3, 0.4) is 0 Å². The molecule has 0 aliphatic rings. The number of para-hydroxylation sites is 1. The minimum Gasteiger partial charge on any atom is -0.463 e. The van der Waals surface area contributed by atoms with Crippen LogP contribution in [-0.4, -0.2) is 25.8 Å². The summed E-state index contributed by atoms with van der Waals surface area (Å²) in [6, 6.07) is 10.3. The Balaban J connectivity index is 1.92. The Morgan fingerprint density at radius 3 is 2.67 bits per heavy atom. The van der Waals surface area contributed by atoms with Crippen LogP contribution in [0.5, 0.6) is 0 Å². The maximum Gasteiger partial charge on any atom is 0.171 e. The van der Waals surface area contributed by atoms with E-state index in [2.05, 4.69) is 10.6 Å². The molecule has 1 aromatic heterocycles.